The Balaban J connectivity index is 1.92. The molecule has 2 atom stereocenters. The molecule has 1 aliphatic heterocycles. The molecule has 2 N–H and O–H groups in total. The number of hydrogen-bond acceptors (Lipinski definition) is 5. The van der Waals surface area contributed by atoms with Gasteiger partial charge in [-0.25, -0.2) is 9.78 Å². The molecule has 0 radical (unpaired) electrons. The molecule has 1 aromatic rings. The number of hydrogen-bond donors (Lipinski definition) is 2. The maximum atomic E-state index is 11.9. The van der Waals surface area contributed by atoms with Crippen LogP contribution < -0.4 is 15.5 Å². The summed E-state index contributed by atoms with van der Waals surface area (Å²) in [5, 5.41) is 5.72. The molecule has 0 bridgehead atoms. The second-order valence-electron chi connectivity index (χ2n) is 7.67. The van der Waals surface area contributed by atoms with Gasteiger partial charge in [0.05, 0.1) is 5.56 Å². The van der Waals surface area contributed by atoms with E-state index in [4.69, 9.17) is 4.74 Å². The molecular formula is C19H30N4O3. The van der Waals surface area contributed by atoms with Crippen LogP contribution in [0, 0.1) is 0 Å². The molecule has 144 valence electrons. The zero-order valence-corrected chi connectivity index (χ0v) is 16.3. The number of nitrogens with one attached hydrogen (secondary N) is 2. The predicted molar refractivity (Wildman–Crippen MR) is 101 cm³/mol. The molecule has 0 aliphatic carbocycles. The van der Waals surface area contributed by atoms with Crippen LogP contribution in [0.3, 0.4) is 0 Å². The normalized spacial score (nSPS) is 20.4. The number of anilines is 1. The average molecular weight is 362 g/mol. The monoisotopic (exact) mass is 362 g/mol. The number of rotatable bonds is 4. The Morgan fingerprint density at radius 3 is 2.62 bits per heavy atom. The maximum absolute atomic E-state index is 11.9. The topological polar surface area (TPSA) is 83.6 Å². The van der Waals surface area contributed by atoms with Gasteiger partial charge in [0.25, 0.3) is 5.91 Å². The van der Waals surface area contributed by atoms with E-state index in [1.165, 1.54) is 0 Å². The summed E-state index contributed by atoms with van der Waals surface area (Å²) >= 11 is 0. The number of nitrogens with zero attached hydrogens (tertiary/aromatic N) is 2. The number of amides is 2. The largest absolute Gasteiger partial charge is 0.444 e. The Hall–Kier alpha value is -2.31. The SMILES string of the molecule is CCNC(=O)c1ccc(N2CCC(NC(=O)OC(C)(C)C)CC2C)nc1. The highest BCUT2D eigenvalue weighted by molar-refractivity contribution is 5.94. The second kappa shape index (κ2) is 8.38. The Kier molecular flexibility index (Phi) is 6.45. The van der Waals surface area contributed by atoms with E-state index in [-0.39, 0.29) is 24.1 Å². The molecule has 0 saturated carbocycles. The van der Waals surface area contributed by atoms with E-state index in [1.807, 2.05) is 33.8 Å². The quantitative estimate of drug-likeness (QED) is 0.860. The van der Waals surface area contributed by atoms with Crippen molar-refractivity contribution in [3.05, 3.63) is 23.9 Å². The lowest BCUT2D eigenvalue weighted by molar-refractivity contribution is 0.0493. The van der Waals surface area contributed by atoms with Crippen molar-refractivity contribution in [1.29, 1.82) is 0 Å². The Labute approximate surface area is 155 Å². The minimum absolute atomic E-state index is 0.0886. The van der Waals surface area contributed by atoms with Crippen LogP contribution in [0.5, 0.6) is 0 Å². The molecule has 1 aromatic heterocycles. The van der Waals surface area contributed by atoms with Crippen LogP contribution in [0.1, 0.15) is 57.8 Å². The van der Waals surface area contributed by atoms with Crippen LogP contribution in [0.25, 0.3) is 0 Å². The summed E-state index contributed by atoms with van der Waals surface area (Å²) in [7, 11) is 0. The molecule has 1 saturated heterocycles. The first kappa shape index (κ1) is 20.0. The first-order chi connectivity index (χ1) is 12.2. The lowest BCUT2D eigenvalue weighted by Crippen LogP contribution is -2.50. The fourth-order valence-corrected chi connectivity index (χ4v) is 3.07. The first-order valence-corrected chi connectivity index (χ1v) is 9.20. The smallest absolute Gasteiger partial charge is 0.407 e. The summed E-state index contributed by atoms with van der Waals surface area (Å²) in [5.41, 5.74) is 0.0660. The fourth-order valence-electron chi connectivity index (χ4n) is 3.07. The molecule has 7 nitrogen and oxygen atoms in total. The molecule has 0 spiro atoms. The summed E-state index contributed by atoms with van der Waals surface area (Å²) in [6, 6.07) is 3.99. The van der Waals surface area contributed by atoms with Crippen molar-refractivity contribution in [2.45, 2.75) is 65.1 Å². The Morgan fingerprint density at radius 1 is 1.35 bits per heavy atom. The molecule has 2 amide bonds. The number of piperidine rings is 1. The van der Waals surface area contributed by atoms with Crippen molar-refractivity contribution in [3.8, 4) is 0 Å². The van der Waals surface area contributed by atoms with Crippen LogP contribution in [-0.2, 0) is 4.74 Å². The Morgan fingerprint density at radius 2 is 2.08 bits per heavy atom. The van der Waals surface area contributed by atoms with Gasteiger partial charge in [-0.2, -0.15) is 0 Å². The third kappa shape index (κ3) is 5.61. The summed E-state index contributed by atoms with van der Waals surface area (Å²) < 4.78 is 5.33. The summed E-state index contributed by atoms with van der Waals surface area (Å²) in [5.74, 6) is 0.737. The van der Waals surface area contributed by atoms with Crippen LogP contribution >= 0.6 is 0 Å². The van der Waals surface area contributed by atoms with E-state index in [0.29, 0.717) is 12.1 Å². The lowest BCUT2D eigenvalue weighted by atomic mass is 9.98. The van der Waals surface area contributed by atoms with Crippen molar-refractivity contribution in [3.63, 3.8) is 0 Å². The molecular weight excluding hydrogens is 332 g/mol. The van der Waals surface area contributed by atoms with Gasteiger partial charge in [-0.05, 0) is 59.6 Å². The number of aromatic nitrogens is 1. The standard InChI is InChI=1S/C19H30N4O3/c1-6-20-17(24)14-7-8-16(21-12-14)23-10-9-15(11-13(23)2)22-18(25)26-19(3,4)5/h7-8,12-13,15H,6,9-11H2,1-5H3,(H,20,24)(H,22,25). The maximum Gasteiger partial charge on any atom is 0.407 e. The zero-order valence-electron chi connectivity index (χ0n) is 16.3. The molecule has 7 heteroatoms. The minimum Gasteiger partial charge on any atom is -0.444 e. The van der Waals surface area contributed by atoms with E-state index in [0.717, 1.165) is 25.2 Å². The predicted octanol–water partition coefficient (Wildman–Crippen LogP) is 2.71. The van der Waals surface area contributed by atoms with Gasteiger partial charge in [-0.1, -0.05) is 0 Å². The summed E-state index contributed by atoms with van der Waals surface area (Å²) in [6.07, 6.45) is 2.88. The molecule has 2 unspecified atom stereocenters. The van der Waals surface area contributed by atoms with Crippen LogP contribution in [0.4, 0.5) is 10.6 Å². The van der Waals surface area contributed by atoms with E-state index in [1.54, 1.807) is 12.3 Å². The van der Waals surface area contributed by atoms with Crippen molar-refractivity contribution in [2.75, 3.05) is 18.0 Å². The van der Waals surface area contributed by atoms with Crippen LogP contribution in [0.15, 0.2) is 18.3 Å². The van der Waals surface area contributed by atoms with Gasteiger partial charge < -0.3 is 20.3 Å². The van der Waals surface area contributed by atoms with E-state index < -0.39 is 5.60 Å². The highest BCUT2D eigenvalue weighted by Gasteiger charge is 2.28. The van der Waals surface area contributed by atoms with Gasteiger partial charge in [-0.15, -0.1) is 0 Å². The van der Waals surface area contributed by atoms with Crippen LogP contribution in [-0.4, -0.2) is 47.8 Å². The number of carbonyl (C=O) groups excluding carboxylic acids is 2. The highest BCUT2D eigenvalue weighted by Crippen LogP contribution is 2.23. The molecule has 2 heterocycles. The van der Waals surface area contributed by atoms with Crippen molar-refractivity contribution in [2.24, 2.45) is 0 Å². The van der Waals surface area contributed by atoms with Crippen LogP contribution in [0.2, 0.25) is 0 Å². The summed E-state index contributed by atoms with van der Waals surface area (Å²) in [4.78, 5) is 30.4. The fraction of sp³-hybridized carbons (Fsp3) is 0.632. The number of alkyl carbamates (subject to hydrolysis) is 1. The van der Waals surface area contributed by atoms with E-state index >= 15 is 0 Å². The second-order valence-corrected chi connectivity index (χ2v) is 7.67. The van der Waals surface area contributed by atoms with Gasteiger partial charge in [0.15, 0.2) is 0 Å². The summed E-state index contributed by atoms with van der Waals surface area (Å²) in [6.45, 7) is 10.9. The lowest BCUT2D eigenvalue weighted by Gasteiger charge is -2.38. The van der Waals surface area contributed by atoms with E-state index in [2.05, 4.69) is 27.4 Å². The van der Waals surface area contributed by atoms with Gasteiger partial charge in [0.1, 0.15) is 11.4 Å². The average Bonchev–Trinajstić information content (AvgIpc) is 2.53. The number of ether oxygens (including phenoxy) is 1. The zero-order chi connectivity index (χ0) is 19.3. The molecule has 1 aliphatic rings. The van der Waals surface area contributed by atoms with Crippen molar-refractivity contribution in [1.82, 2.24) is 15.6 Å². The third-order valence-electron chi connectivity index (χ3n) is 4.24. The van der Waals surface area contributed by atoms with Gasteiger partial charge in [0.2, 0.25) is 0 Å². The number of carbonyl (C=O) groups is 2. The molecule has 2 rings (SSSR count). The van der Waals surface area contributed by atoms with Gasteiger partial charge in [0, 0.05) is 31.4 Å². The third-order valence-corrected chi connectivity index (χ3v) is 4.24. The molecule has 0 aromatic carbocycles. The Bertz CT molecular complexity index is 625. The van der Waals surface area contributed by atoms with Crippen molar-refractivity contribution < 1.29 is 14.3 Å². The van der Waals surface area contributed by atoms with Crippen molar-refractivity contribution >= 4 is 17.8 Å². The van der Waals surface area contributed by atoms with E-state index in [9.17, 15) is 9.59 Å². The number of pyridine rings is 1. The van der Waals surface area contributed by atoms with Gasteiger partial charge in [-0.3, -0.25) is 4.79 Å². The van der Waals surface area contributed by atoms with Gasteiger partial charge >= 0.3 is 6.09 Å². The first-order valence-electron chi connectivity index (χ1n) is 9.20. The minimum atomic E-state index is -0.494. The molecule has 1 fully saturated rings. The highest BCUT2D eigenvalue weighted by atomic mass is 16.6. The molecule has 26 heavy (non-hydrogen) atoms.